The first-order valence-corrected chi connectivity index (χ1v) is 8.54. The second-order valence-electron chi connectivity index (χ2n) is 6.44. The number of amides is 2. The van der Waals surface area contributed by atoms with Gasteiger partial charge in [0.05, 0.1) is 17.4 Å². The summed E-state index contributed by atoms with van der Waals surface area (Å²) in [5.41, 5.74) is 1.98. The zero-order valence-electron chi connectivity index (χ0n) is 14.0. The first-order valence-electron chi connectivity index (χ1n) is 8.54. The molecule has 26 heavy (non-hydrogen) atoms. The molecule has 1 saturated heterocycles. The van der Waals surface area contributed by atoms with E-state index in [2.05, 4.69) is 14.9 Å². The second kappa shape index (κ2) is 6.74. The maximum absolute atomic E-state index is 13.3. The Bertz CT molecular complexity index is 948. The van der Waals surface area contributed by atoms with Crippen LogP contribution in [0, 0.1) is 11.6 Å². The average Bonchev–Trinajstić information content (AvgIpc) is 3.05. The van der Waals surface area contributed by atoms with Crippen molar-refractivity contribution >= 4 is 22.8 Å². The number of fused-ring (bicyclic) bond motifs is 1. The number of anilines is 1. The van der Waals surface area contributed by atoms with Crippen LogP contribution in [-0.2, 0) is 0 Å². The van der Waals surface area contributed by atoms with Gasteiger partial charge in [0.15, 0.2) is 0 Å². The van der Waals surface area contributed by atoms with Gasteiger partial charge < -0.3 is 14.8 Å². The van der Waals surface area contributed by atoms with E-state index in [-0.39, 0.29) is 23.7 Å². The van der Waals surface area contributed by atoms with E-state index < -0.39 is 0 Å². The Kier molecular flexibility index (Phi) is 4.28. The lowest BCUT2D eigenvalue weighted by Gasteiger charge is -2.32. The highest BCUT2D eigenvalue weighted by atomic mass is 19.1. The summed E-state index contributed by atoms with van der Waals surface area (Å²) in [5.74, 6) is -0.684. The van der Waals surface area contributed by atoms with Crippen LogP contribution in [0.15, 0.2) is 48.8 Å². The van der Waals surface area contributed by atoms with E-state index >= 15 is 0 Å². The number of hydrogen-bond donors (Lipinski definition) is 1. The zero-order valence-corrected chi connectivity index (χ0v) is 14.0. The Labute approximate surface area is 149 Å². The Balaban J connectivity index is 1.41. The molecule has 7 heteroatoms. The molecule has 134 valence electrons. The Morgan fingerprint density at radius 3 is 2.62 bits per heavy atom. The molecule has 0 aliphatic carbocycles. The van der Waals surface area contributed by atoms with Gasteiger partial charge in [0, 0.05) is 30.9 Å². The molecule has 2 aromatic carbocycles. The van der Waals surface area contributed by atoms with Crippen molar-refractivity contribution in [3.05, 3.63) is 60.4 Å². The number of likely N-dealkylation sites (tertiary alicyclic amines) is 1. The molecule has 0 saturated carbocycles. The lowest BCUT2D eigenvalue weighted by molar-refractivity contribution is 0.184. The van der Waals surface area contributed by atoms with Gasteiger partial charge >= 0.3 is 6.03 Å². The van der Waals surface area contributed by atoms with Crippen molar-refractivity contribution in [1.82, 2.24) is 14.5 Å². The summed E-state index contributed by atoms with van der Waals surface area (Å²) in [6.07, 6.45) is 3.29. The predicted octanol–water partition coefficient (Wildman–Crippen LogP) is 4.18. The van der Waals surface area contributed by atoms with Crippen LogP contribution in [0.25, 0.3) is 11.0 Å². The van der Waals surface area contributed by atoms with E-state index in [4.69, 9.17) is 0 Å². The normalized spacial score (nSPS) is 15.4. The van der Waals surface area contributed by atoms with Crippen LogP contribution in [-0.4, -0.2) is 33.6 Å². The number of halogens is 2. The molecule has 1 aliphatic rings. The van der Waals surface area contributed by atoms with E-state index in [1.54, 1.807) is 29.4 Å². The lowest BCUT2D eigenvalue weighted by Crippen LogP contribution is -2.41. The largest absolute Gasteiger partial charge is 0.327 e. The summed E-state index contributed by atoms with van der Waals surface area (Å²) in [7, 11) is 0. The molecule has 0 spiro atoms. The van der Waals surface area contributed by atoms with Gasteiger partial charge in [-0.3, -0.25) is 0 Å². The van der Waals surface area contributed by atoms with E-state index in [1.165, 1.54) is 24.3 Å². The number of imidazole rings is 1. The molecule has 0 unspecified atom stereocenters. The average molecular weight is 356 g/mol. The van der Waals surface area contributed by atoms with E-state index in [0.29, 0.717) is 24.3 Å². The van der Waals surface area contributed by atoms with Gasteiger partial charge in [-0.15, -0.1) is 0 Å². The highest BCUT2D eigenvalue weighted by Crippen LogP contribution is 2.27. The molecular weight excluding hydrogens is 338 g/mol. The smallest absolute Gasteiger partial charge is 0.321 e. The van der Waals surface area contributed by atoms with Crippen LogP contribution in [0.3, 0.4) is 0 Å². The number of urea groups is 1. The van der Waals surface area contributed by atoms with Crippen LogP contribution in [0.5, 0.6) is 0 Å². The van der Waals surface area contributed by atoms with E-state index in [0.717, 1.165) is 18.4 Å². The van der Waals surface area contributed by atoms with Crippen molar-refractivity contribution in [3.8, 4) is 0 Å². The molecular formula is C19H18F2N4O. The summed E-state index contributed by atoms with van der Waals surface area (Å²) in [4.78, 5) is 18.3. The zero-order chi connectivity index (χ0) is 18.1. The second-order valence-corrected chi connectivity index (χ2v) is 6.44. The molecule has 2 amide bonds. The molecule has 5 nitrogen and oxygen atoms in total. The molecule has 0 radical (unpaired) electrons. The molecule has 1 aromatic heterocycles. The Hall–Kier alpha value is -2.96. The van der Waals surface area contributed by atoms with Gasteiger partial charge in [0.2, 0.25) is 0 Å². The minimum atomic E-state index is -0.384. The monoisotopic (exact) mass is 356 g/mol. The van der Waals surface area contributed by atoms with Gasteiger partial charge in [-0.1, -0.05) is 6.07 Å². The topological polar surface area (TPSA) is 50.2 Å². The Morgan fingerprint density at radius 2 is 1.85 bits per heavy atom. The van der Waals surface area contributed by atoms with Gasteiger partial charge in [-0.2, -0.15) is 0 Å². The van der Waals surface area contributed by atoms with Crippen molar-refractivity contribution in [2.24, 2.45) is 0 Å². The van der Waals surface area contributed by atoms with Crippen LogP contribution in [0.1, 0.15) is 18.9 Å². The van der Waals surface area contributed by atoms with Gasteiger partial charge in [-0.05, 0) is 43.2 Å². The van der Waals surface area contributed by atoms with E-state index in [9.17, 15) is 13.6 Å². The standard InChI is InChI=1S/C19H18F2N4O/c20-13-2-1-3-15(10-13)23-19(26)24-8-6-16(7-9-24)25-12-22-17-11-14(21)4-5-18(17)25/h1-5,10-12,16H,6-9H2,(H,23,26). The fraction of sp³-hybridized carbons (Fsp3) is 0.263. The molecule has 0 atom stereocenters. The molecule has 3 aromatic rings. The van der Waals surface area contributed by atoms with Gasteiger partial charge in [0.1, 0.15) is 11.6 Å². The number of carbonyl (C=O) groups excluding carboxylic acids is 1. The maximum Gasteiger partial charge on any atom is 0.321 e. The van der Waals surface area contributed by atoms with Gasteiger partial charge in [0.25, 0.3) is 0 Å². The molecule has 2 heterocycles. The highest BCUT2D eigenvalue weighted by Gasteiger charge is 2.25. The number of carbonyl (C=O) groups is 1. The number of hydrogen-bond acceptors (Lipinski definition) is 2. The van der Waals surface area contributed by atoms with Crippen LogP contribution in [0.4, 0.5) is 19.3 Å². The molecule has 0 bridgehead atoms. The maximum atomic E-state index is 13.3. The van der Waals surface area contributed by atoms with Crippen molar-refractivity contribution in [1.29, 1.82) is 0 Å². The third-order valence-electron chi connectivity index (χ3n) is 4.76. The summed E-state index contributed by atoms with van der Waals surface area (Å²) in [5, 5.41) is 2.72. The van der Waals surface area contributed by atoms with Crippen LogP contribution < -0.4 is 5.32 Å². The number of aromatic nitrogens is 2. The minimum Gasteiger partial charge on any atom is -0.327 e. The number of benzene rings is 2. The van der Waals surface area contributed by atoms with E-state index in [1.807, 2.05) is 0 Å². The number of nitrogens with zero attached hydrogens (tertiary/aromatic N) is 3. The van der Waals surface area contributed by atoms with Crippen molar-refractivity contribution in [3.63, 3.8) is 0 Å². The SMILES string of the molecule is O=C(Nc1cccc(F)c1)N1CCC(n2cnc3cc(F)ccc32)CC1. The number of rotatable bonds is 2. The third-order valence-corrected chi connectivity index (χ3v) is 4.76. The highest BCUT2D eigenvalue weighted by molar-refractivity contribution is 5.89. The molecule has 1 aliphatic heterocycles. The number of nitrogens with one attached hydrogen (secondary N) is 1. The number of piperidine rings is 1. The summed E-state index contributed by atoms with van der Waals surface area (Å²) in [6.45, 7) is 1.18. The first kappa shape index (κ1) is 16.5. The quantitative estimate of drug-likeness (QED) is 0.749. The molecule has 1 N–H and O–H groups in total. The van der Waals surface area contributed by atoms with Crippen molar-refractivity contribution in [2.45, 2.75) is 18.9 Å². The third kappa shape index (κ3) is 3.24. The predicted molar refractivity (Wildman–Crippen MR) is 95.0 cm³/mol. The lowest BCUT2D eigenvalue weighted by atomic mass is 10.0. The minimum absolute atomic E-state index is 0.212. The van der Waals surface area contributed by atoms with Gasteiger partial charge in [-0.25, -0.2) is 18.6 Å². The van der Waals surface area contributed by atoms with Crippen LogP contribution in [0.2, 0.25) is 0 Å². The van der Waals surface area contributed by atoms with Crippen molar-refractivity contribution in [2.75, 3.05) is 18.4 Å². The fourth-order valence-electron chi connectivity index (χ4n) is 3.41. The summed E-state index contributed by atoms with van der Waals surface area (Å²) >= 11 is 0. The summed E-state index contributed by atoms with van der Waals surface area (Å²) in [6, 6.07) is 10.4. The molecule has 1 fully saturated rings. The summed E-state index contributed by atoms with van der Waals surface area (Å²) < 4.78 is 28.6. The Morgan fingerprint density at radius 1 is 1.08 bits per heavy atom. The van der Waals surface area contributed by atoms with Crippen LogP contribution >= 0.6 is 0 Å². The van der Waals surface area contributed by atoms with Crippen molar-refractivity contribution < 1.29 is 13.6 Å². The first-order chi connectivity index (χ1) is 12.6. The fourth-order valence-corrected chi connectivity index (χ4v) is 3.41. The molecule has 4 rings (SSSR count).